The van der Waals surface area contributed by atoms with E-state index in [0.29, 0.717) is 12.8 Å². The van der Waals surface area contributed by atoms with Crippen molar-refractivity contribution >= 4 is 5.91 Å². The van der Waals surface area contributed by atoms with Crippen molar-refractivity contribution in [1.29, 1.82) is 0 Å². The first kappa shape index (κ1) is 22.4. The Morgan fingerprint density at radius 2 is 1.85 bits per heavy atom. The number of carbonyl (C=O) groups is 1. The number of likely N-dealkylation sites (N-methyl/N-ethyl adjacent to an activating group) is 1. The predicted octanol–water partition coefficient (Wildman–Crippen LogP) is -4.32. The standard InChI is InChI=1S/C16H33N5O6/c1-6(18)8-4-3-7(19)16(26-8)27-15-11(21-9(22)5-17)13(24)12(23)10(20-2)14(15)25/h6-8,10-16,20,23-25H,3-5,17-19H2,1-2H3,(H,21,22)/t6-,7+,8-,10+,11-,12-,13+,14-,15-,16+/m0/s1. The number of nitrogens with two attached hydrogens (primary N) is 3. The third-order valence-corrected chi connectivity index (χ3v) is 5.31. The van der Waals surface area contributed by atoms with Crippen LogP contribution in [0.2, 0.25) is 0 Å². The highest BCUT2D eigenvalue weighted by atomic mass is 16.7. The zero-order valence-electron chi connectivity index (χ0n) is 15.7. The van der Waals surface area contributed by atoms with Gasteiger partial charge >= 0.3 is 0 Å². The van der Waals surface area contributed by atoms with Crippen LogP contribution in [0.15, 0.2) is 0 Å². The quantitative estimate of drug-likeness (QED) is 0.219. The van der Waals surface area contributed by atoms with Crippen LogP contribution in [0.4, 0.5) is 0 Å². The molecule has 0 aromatic heterocycles. The molecule has 158 valence electrons. The van der Waals surface area contributed by atoms with Gasteiger partial charge in [0.05, 0.1) is 36.9 Å². The molecule has 1 saturated heterocycles. The van der Waals surface area contributed by atoms with Gasteiger partial charge in [0.15, 0.2) is 6.29 Å². The molecule has 10 atom stereocenters. The first-order valence-electron chi connectivity index (χ1n) is 9.24. The van der Waals surface area contributed by atoms with Gasteiger partial charge in [-0.05, 0) is 26.8 Å². The molecule has 1 aliphatic heterocycles. The van der Waals surface area contributed by atoms with Gasteiger partial charge in [0.2, 0.25) is 5.91 Å². The lowest BCUT2D eigenvalue weighted by Gasteiger charge is -2.48. The Bertz CT molecular complexity index is 498. The molecule has 1 aliphatic carbocycles. The zero-order valence-corrected chi connectivity index (χ0v) is 15.7. The predicted molar refractivity (Wildman–Crippen MR) is 96.2 cm³/mol. The molecule has 0 unspecified atom stereocenters. The van der Waals surface area contributed by atoms with Crippen LogP contribution in [-0.2, 0) is 14.3 Å². The molecule has 1 amide bonds. The second kappa shape index (κ2) is 9.54. The number of amides is 1. The Morgan fingerprint density at radius 3 is 2.41 bits per heavy atom. The third-order valence-electron chi connectivity index (χ3n) is 5.31. The summed E-state index contributed by atoms with van der Waals surface area (Å²) in [6.07, 6.45) is -4.90. The van der Waals surface area contributed by atoms with E-state index >= 15 is 0 Å². The second-order valence-electron chi connectivity index (χ2n) is 7.33. The maximum absolute atomic E-state index is 11.8. The fourth-order valence-electron chi connectivity index (χ4n) is 3.67. The van der Waals surface area contributed by atoms with Crippen LogP contribution in [0.25, 0.3) is 0 Å². The van der Waals surface area contributed by atoms with Gasteiger partial charge in [-0.3, -0.25) is 4.79 Å². The lowest BCUT2D eigenvalue weighted by atomic mass is 9.81. The van der Waals surface area contributed by atoms with Crippen LogP contribution in [-0.4, -0.2) is 95.8 Å². The molecular formula is C16H33N5O6. The fourth-order valence-corrected chi connectivity index (χ4v) is 3.67. The Balaban J connectivity index is 2.22. The molecule has 11 N–H and O–H groups in total. The van der Waals surface area contributed by atoms with Crippen molar-refractivity contribution in [2.75, 3.05) is 13.6 Å². The smallest absolute Gasteiger partial charge is 0.234 e. The van der Waals surface area contributed by atoms with Crippen molar-refractivity contribution in [3.05, 3.63) is 0 Å². The Hall–Kier alpha value is -0.890. The summed E-state index contributed by atoms with van der Waals surface area (Å²) in [5.74, 6) is -0.558. The summed E-state index contributed by atoms with van der Waals surface area (Å²) in [5, 5.41) is 36.7. The van der Waals surface area contributed by atoms with E-state index in [1.165, 1.54) is 7.05 Å². The molecule has 0 aromatic carbocycles. The summed E-state index contributed by atoms with van der Waals surface area (Å²) in [5.41, 5.74) is 17.3. The van der Waals surface area contributed by atoms with Gasteiger partial charge in [-0.15, -0.1) is 0 Å². The molecule has 0 aromatic rings. The number of ether oxygens (including phenoxy) is 2. The van der Waals surface area contributed by atoms with E-state index < -0.39 is 54.7 Å². The summed E-state index contributed by atoms with van der Waals surface area (Å²) in [6.45, 7) is 1.50. The average molecular weight is 391 g/mol. The van der Waals surface area contributed by atoms with Crippen LogP contribution < -0.4 is 27.8 Å². The first-order chi connectivity index (χ1) is 12.7. The molecule has 2 rings (SSSR count). The largest absolute Gasteiger partial charge is 0.389 e. The minimum absolute atomic E-state index is 0.231. The molecule has 11 nitrogen and oxygen atoms in total. The van der Waals surface area contributed by atoms with Crippen LogP contribution in [0.5, 0.6) is 0 Å². The molecule has 11 heteroatoms. The van der Waals surface area contributed by atoms with E-state index in [-0.39, 0.29) is 18.7 Å². The van der Waals surface area contributed by atoms with E-state index in [0.717, 1.165) is 0 Å². The van der Waals surface area contributed by atoms with Crippen molar-refractivity contribution in [2.24, 2.45) is 17.2 Å². The summed E-state index contributed by atoms with van der Waals surface area (Å²) in [4.78, 5) is 11.8. The van der Waals surface area contributed by atoms with E-state index in [1.54, 1.807) is 0 Å². The van der Waals surface area contributed by atoms with Crippen molar-refractivity contribution in [3.63, 3.8) is 0 Å². The summed E-state index contributed by atoms with van der Waals surface area (Å²) in [7, 11) is 1.54. The van der Waals surface area contributed by atoms with Crippen molar-refractivity contribution < 1.29 is 29.6 Å². The number of hydrogen-bond donors (Lipinski definition) is 8. The Labute approximate surface area is 158 Å². The van der Waals surface area contributed by atoms with Gasteiger partial charge in [-0.25, -0.2) is 0 Å². The number of aliphatic hydroxyl groups excluding tert-OH is 3. The number of hydrogen-bond acceptors (Lipinski definition) is 10. The Kier molecular flexibility index (Phi) is 7.92. The summed E-state index contributed by atoms with van der Waals surface area (Å²) >= 11 is 0. The highest BCUT2D eigenvalue weighted by Gasteiger charge is 2.51. The van der Waals surface area contributed by atoms with Gasteiger partial charge < -0.3 is 52.6 Å². The molecule has 27 heavy (non-hydrogen) atoms. The van der Waals surface area contributed by atoms with Gasteiger partial charge in [-0.2, -0.15) is 0 Å². The van der Waals surface area contributed by atoms with Gasteiger partial charge in [-0.1, -0.05) is 0 Å². The normalized spacial score (nSPS) is 43.9. The van der Waals surface area contributed by atoms with Crippen molar-refractivity contribution in [1.82, 2.24) is 10.6 Å². The maximum atomic E-state index is 11.8. The maximum Gasteiger partial charge on any atom is 0.234 e. The van der Waals surface area contributed by atoms with E-state index in [4.69, 9.17) is 26.7 Å². The van der Waals surface area contributed by atoms with E-state index in [9.17, 15) is 20.1 Å². The topological polar surface area (TPSA) is 198 Å². The number of carbonyl (C=O) groups excluding carboxylic acids is 1. The SMILES string of the molecule is CN[C@@H]1[C@H](O)[C@H](O)[C@H](NC(=O)CN)[C@H](O[C@H]2O[C@H]([C@H](C)N)CC[C@H]2N)[C@H]1O. The lowest BCUT2D eigenvalue weighted by molar-refractivity contribution is -0.263. The minimum atomic E-state index is -1.39. The third kappa shape index (κ3) is 4.94. The molecule has 0 bridgehead atoms. The first-order valence-corrected chi connectivity index (χ1v) is 9.24. The Morgan fingerprint density at radius 1 is 1.22 bits per heavy atom. The number of nitrogens with one attached hydrogen (secondary N) is 2. The zero-order chi connectivity index (χ0) is 20.3. The minimum Gasteiger partial charge on any atom is -0.389 e. The van der Waals surface area contributed by atoms with Crippen LogP contribution in [0.3, 0.4) is 0 Å². The monoisotopic (exact) mass is 391 g/mol. The molecule has 2 fully saturated rings. The molecular weight excluding hydrogens is 358 g/mol. The number of aliphatic hydroxyl groups is 3. The lowest BCUT2D eigenvalue weighted by Crippen LogP contribution is -2.72. The highest BCUT2D eigenvalue weighted by molar-refractivity contribution is 5.78. The van der Waals surface area contributed by atoms with Gasteiger partial charge in [0, 0.05) is 6.04 Å². The second-order valence-corrected chi connectivity index (χ2v) is 7.33. The van der Waals surface area contributed by atoms with E-state index in [2.05, 4.69) is 10.6 Å². The van der Waals surface area contributed by atoms with Crippen LogP contribution in [0, 0.1) is 0 Å². The van der Waals surface area contributed by atoms with Gasteiger partial charge in [0.25, 0.3) is 0 Å². The highest BCUT2D eigenvalue weighted by Crippen LogP contribution is 2.28. The molecule has 0 radical (unpaired) electrons. The summed E-state index contributed by atoms with van der Waals surface area (Å²) in [6, 6.07) is -2.66. The number of rotatable bonds is 6. The van der Waals surface area contributed by atoms with Crippen LogP contribution >= 0.6 is 0 Å². The molecule has 0 spiro atoms. The molecule has 1 heterocycles. The van der Waals surface area contributed by atoms with Crippen LogP contribution in [0.1, 0.15) is 19.8 Å². The van der Waals surface area contributed by atoms with E-state index in [1.807, 2.05) is 6.92 Å². The summed E-state index contributed by atoms with van der Waals surface area (Å²) < 4.78 is 11.8. The van der Waals surface area contributed by atoms with Crippen molar-refractivity contribution in [2.45, 2.75) is 80.7 Å². The van der Waals surface area contributed by atoms with Crippen molar-refractivity contribution in [3.8, 4) is 0 Å². The average Bonchev–Trinajstić information content (AvgIpc) is 2.64. The molecule has 1 saturated carbocycles. The van der Waals surface area contributed by atoms with Gasteiger partial charge in [0.1, 0.15) is 18.3 Å². The molecule has 2 aliphatic rings. The fraction of sp³-hybridized carbons (Fsp3) is 0.938.